The van der Waals surface area contributed by atoms with Crippen LogP contribution in [0.1, 0.15) is 38.8 Å². The standard InChI is InChI=1S/C24H37IN2O8/c1-24(2,3)34-23(29)26-21(18-5-7-19(35-25)8-6-18)22(28)27-10-9-20(17-27)33-16-15-32-14-13-31-12-11-30-4/h5-8,20-21H,9-17H2,1-4H3,(H,26,29). The molecule has 11 heteroatoms. The van der Waals surface area contributed by atoms with Crippen molar-refractivity contribution in [2.45, 2.75) is 44.9 Å². The van der Waals surface area contributed by atoms with Crippen LogP contribution in [0.4, 0.5) is 4.79 Å². The van der Waals surface area contributed by atoms with Crippen molar-refractivity contribution in [2.75, 3.05) is 59.8 Å². The second kappa shape index (κ2) is 15.4. The summed E-state index contributed by atoms with van der Waals surface area (Å²) in [7, 11) is 1.63. The van der Waals surface area contributed by atoms with E-state index in [9.17, 15) is 9.59 Å². The molecule has 1 aromatic rings. The highest BCUT2D eigenvalue weighted by Crippen LogP contribution is 2.24. The number of nitrogens with zero attached hydrogens (tertiary/aromatic N) is 1. The number of nitrogens with one attached hydrogen (secondary N) is 1. The monoisotopic (exact) mass is 608 g/mol. The lowest BCUT2D eigenvalue weighted by Gasteiger charge is -2.26. The van der Waals surface area contributed by atoms with E-state index in [1.54, 1.807) is 80.1 Å². The van der Waals surface area contributed by atoms with Gasteiger partial charge in [-0.1, -0.05) is 12.1 Å². The minimum Gasteiger partial charge on any atom is -0.444 e. The van der Waals surface area contributed by atoms with Crippen LogP contribution in [0.5, 0.6) is 5.75 Å². The van der Waals surface area contributed by atoms with Crippen molar-refractivity contribution in [1.82, 2.24) is 10.2 Å². The Balaban J connectivity index is 1.86. The van der Waals surface area contributed by atoms with Crippen LogP contribution < -0.4 is 8.38 Å². The molecule has 0 aliphatic carbocycles. The van der Waals surface area contributed by atoms with Gasteiger partial charge in [-0.25, -0.2) is 4.79 Å². The van der Waals surface area contributed by atoms with Gasteiger partial charge in [-0.05, 0) is 44.9 Å². The number of likely N-dealkylation sites (tertiary alicyclic amines) is 1. The summed E-state index contributed by atoms with van der Waals surface area (Å²) >= 11 is 1.79. The van der Waals surface area contributed by atoms with Crippen molar-refractivity contribution in [1.29, 1.82) is 0 Å². The molecule has 2 amide bonds. The van der Waals surface area contributed by atoms with Gasteiger partial charge in [0.15, 0.2) is 23.0 Å². The molecule has 1 aliphatic heterocycles. The summed E-state index contributed by atoms with van der Waals surface area (Å²) in [5, 5.41) is 2.73. The lowest BCUT2D eigenvalue weighted by Crippen LogP contribution is -2.44. The zero-order valence-corrected chi connectivity index (χ0v) is 23.1. The summed E-state index contributed by atoms with van der Waals surface area (Å²) in [6.07, 6.45) is -0.0231. The smallest absolute Gasteiger partial charge is 0.408 e. The summed E-state index contributed by atoms with van der Waals surface area (Å²) in [5.74, 6) is 0.436. The zero-order valence-electron chi connectivity index (χ0n) is 20.9. The van der Waals surface area contributed by atoms with Gasteiger partial charge >= 0.3 is 6.09 Å². The molecule has 10 nitrogen and oxygen atoms in total. The Bertz CT molecular complexity index is 772. The Morgan fingerprint density at radius 3 is 2.29 bits per heavy atom. The Kier molecular flexibility index (Phi) is 13.0. The Labute approximate surface area is 221 Å². The summed E-state index contributed by atoms with van der Waals surface area (Å²) in [5.41, 5.74) is -0.0371. The number of hydrogen-bond donors (Lipinski definition) is 1. The largest absolute Gasteiger partial charge is 0.444 e. The molecule has 198 valence electrons. The highest BCUT2D eigenvalue weighted by molar-refractivity contribution is 14.1. The molecule has 0 spiro atoms. The van der Waals surface area contributed by atoms with Crippen LogP contribution in [0.15, 0.2) is 24.3 Å². The van der Waals surface area contributed by atoms with Gasteiger partial charge in [-0.15, -0.1) is 0 Å². The van der Waals surface area contributed by atoms with Gasteiger partial charge in [-0.3, -0.25) is 4.79 Å². The number of carbonyl (C=O) groups excluding carboxylic acids is 2. The van der Waals surface area contributed by atoms with Crippen LogP contribution in [-0.2, 0) is 28.5 Å². The van der Waals surface area contributed by atoms with Crippen LogP contribution in [-0.4, -0.2) is 88.4 Å². The lowest BCUT2D eigenvalue weighted by molar-refractivity contribution is -0.133. The molecule has 0 radical (unpaired) electrons. The van der Waals surface area contributed by atoms with E-state index in [2.05, 4.69) is 5.32 Å². The maximum atomic E-state index is 13.4. The van der Waals surface area contributed by atoms with E-state index in [0.717, 1.165) is 0 Å². The van der Waals surface area contributed by atoms with E-state index in [1.807, 2.05) is 0 Å². The fraction of sp³-hybridized carbons (Fsp3) is 0.667. The summed E-state index contributed by atoms with van der Waals surface area (Å²) in [4.78, 5) is 27.6. The summed E-state index contributed by atoms with van der Waals surface area (Å²) in [6.45, 7) is 9.29. The molecule has 2 unspecified atom stereocenters. The molecule has 1 heterocycles. The Morgan fingerprint density at radius 1 is 1.06 bits per heavy atom. The molecular weight excluding hydrogens is 571 g/mol. The first kappa shape index (κ1) is 29.6. The van der Waals surface area contributed by atoms with E-state index in [0.29, 0.717) is 70.5 Å². The first-order valence-corrected chi connectivity index (χ1v) is 12.5. The SMILES string of the molecule is COCCOCCOCCOC1CCN(C(=O)C(NC(=O)OC(C)(C)C)c2ccc(OI)cc2)C1. The molecular formula is C24H37IN2O8. The number of alkyl carbamates (subject to hydrolysis) is 1. The molecule has 35 heavy (non-hydrogen) atoms. The van der Waals surface area contributed by atoms with E-state index < -0.39 is 17.7 Å². The molecule has 1 saturated heterocycles. The van der Waals surface area contributed by atoms with Crippen molar-refractivity contribution < 1.29 is 36.3 Å². The van der Waals surface area contributed by atoms with Gasteiger partial charge in [-0.2, -0.15) is 0 Å². The van der Waals surface area contributed by atoms with Crippen molar-refractivity contribution in [2.24, 2.45) is 0 Å². The van der Waals surface area contributed by atoms with E-state index in [4.69, 9.17) is 26.8 Å². The molecule has 0 saturated carbocycles. The third-order valence-electron chi connectivity index (χ3n) is 5.05. The van der Waals surface area contributed by atoms with Gasteiger partial charge in [0, 0.05) is 20.2 Å². The van der Waals surface area contributed by atoms with Gasteiger partial charge in [0.05, 0.1) is 45.7 Å². The predicted molar refractivity (Wildman–Crippen MR) is 138 cm³/mol. The van der Waals surface area contributed by atoms with Crippen LogP contribution in [0.2, 0.25) is 0 Å². The topological polar surface area (TPSA) is 105 Å². The second-order valence-corrected chi connectivity index (χ2v) is 9.45. The van der Waals surface area contributed by atoms with Gasteiger partial charge in [0.25, 0.3) is 0 Å². The maximum absolute atomic E-state index is 13.4. The van der Waals surface area contributed by atoms with Crippen LogP contribution in [0.3, 0.4) is 0 Å². The fourth-order valence-corrected chi connectivity index (χ4v) is 3.70. The third-order valence-corrected chi connectivity index (χ3v) is 5.56. The van der Waals surface area contributed by atoms with Crippen LogP contribution >= 0.6 is 23.0 Å². The average Bonchev–Trinajstić information content (AvgIpc) is 3.29. The molecule has 0 aromatic heterocycles. The molecule has 1 fully saturated rings. The minimum absolute atomic E-state index is 0.0857. The number of ether oxygens (including phenoxy) is 5. The number of amides is 2. The number of methoxy groups -OCH3 is 1. The quantitative estimate of drug-likeness (QED) is 0.254. The predicted octanol–water partition coefficient (Wildman–Crippen LogP) is 3.28. The average molecular weight is 608 g/mol. The molecule has 2 rings (SSSR count). The van der Waals surface area contributed by atoms with Crippen molar-refractivity contribution in [3.63, 3.8) is 0 Å². The first-order chi connectivity index (χ1) is 16.7. The Morgan fingerprint density at radius 2 is 1.69 bits per heavy atom. The van der Waals surface area contributed by atoms with Crippen molar-refractivity contribution in [3.8, 4) is 5.75 Å². The third kappa shape index (κ3) is 11.3. The Hall–Kier alpha value is -1.67. The first-order valence-electron chi connectivity index (χ1n) is 11.7. The molecule has 0 bridgehead atoms. The maximum Gasteiger partial charge on any atom is 0.408 e. The van der Waals surface area contributed by atoms with Gasteiger partial charge < -0.3 is 37.0 Å². The van der Waals surface area contributed by atoms with Crippen molar-refractivity contribution >= 4 is 35.0 Å². The zero-order chi connectivity index (χ0) is 25.7. The number of benzene rings is 1. The van der Waals surface area contributed by atoms with Gasteiger partial charge in [0.2, 0.25) is 5.91 Å². The molecule has 2 atom stereocenters. The molecule has 1 aromatic carbocycles. The fourth-order valence-electron chi connectivity index (χ4n) is 3.41. The van der Waals surface area contributed by atoms with E-state index in [-0.39, 0.29) is 12.0 Å². The number of rotatable bonds is 14. The lowest BCUT2D eigenvalue weighted by atomic mass is 10.1. The minimum atomic E-state index is -0.881. The van der Waals surface area contributed by atoms with Crippen LogP contribution in [0.25, 0.3) is 0 Å². The van der Waals surface area contributed by atoms with Gasteiger partial charge in [0.1, 0.15) is 17.4 Å². The molecule has 1 aliphatic rings. The summed E-state index contributed by atoms with van der Waals surface area (Å²) in [6, 6.07) is 6.13. The number of hydrogen-bond acceptors (Lipinski definition) is 8. The second-order valence-electron chi connectivity index (χ2n) is 9.01. The molecule has 1 N–H and O–H groups in total. The summed E-state index contributed by atoms with van der Waals surface area (Å²) < 4.78 is 32.2. The number of carbonyl (C=O) groups is 2. The highest BCUT2D eigenvalue weighted by Gasteiger charge is 2.34. The van der Waals surface area contributed by atoms with Crippen molar-refractivity contribution in [3.05, 3.63) is 29.8 Å². The normalized spacial score (nSPS) is 16.7. The van der Waals surface area contributed by atoms with Crippen LogP contribution in [0, 0.1) is 0 Å². The van der Waals surface area contributed by atoms with E-state index >= 15 is 0 Å². The van der Waals surface area contributed by atoms with E-state index in [1.165, 1.54) is 0 Å². The highest BCUT2D eigenvalue weighted by atomic mass is 127. The number of halogens is 1.